The Balaban J connectivity index is 1.20. The zero-order valence-electron chi connectivity index (χ0n) is 28.9. The van der Waals surface area contributed by atoms with Crippen LogP contribution in [0.5, 0.6) is 11.5 Å². The molecule has 4 heterocycles. The summed E-state index contributed by atoms with van der Waals surface area (Å²) in [6.07, 6.45) is 7.63. The first-order valence-corrected chi connectivity index (χ1v) is 19.1. The van der Waals surface area contributed by atoms with Gasteiger partial charge >= 0.3 is 0 Å². The van der Waals surface area contributed by atoms with Gasteiger partial charge in [-0.2, -0.15) is 0 Å². The van der Waals surface area contributed by atoms with Gasteiger partial charge in [0.05, 0.1) is 32.4 Å². The molecule has 0 bridgehead atoms. The van der Waals surface area contributed by atoms with E-state index in [0.717, 1.165) is 66.6 Å². The van der Waals surface area contributed by atoms with Gasteiger partial charge in [-0.25, -0.2) is 9.97 Å². The van der Waals surface area contributed by atoms with E-state index in [1.54, 1.807) is 11.3 Å². The maximum absolute atomic E-state index is 6.97. The number of rotatable bonds is 2. The smallest absolute Gasteiger partial charge is 0.235 e. The average Bonchev–Trinajstić information content (AvgIpc) is 3.84. The van der Waals surface area contributed by atoms with Crippen LogP contribution in [-0.4, -0.2) is 14.5 Å². The summed E-state index contributed by atoms with van der Waals surface area (Å²) >= 11 is 1.79. The van der Waals surface area contributed by atoms with Crippen LogP contribution in [0.15, 0.2) is 152 Å². The van der Waals surface area contributed by atoms with Crippen molar-refractivity contribution in [3.63, 3.8) is 0 Å². The Bertz CT molecular complexity index is 3060. The number of allylic oxidation sites excluding steroid dienone is 4. The molecule has 250 valence electrons. The zero-order valence-corrected chi connectivity index (χ0v) is 29.7. The molecule has 3 aliphatic rings. The fraction of sp³-hybridized carbons (Fsp3) is 0.0833. The van der Waals surface area contributed by atoms with E-state index in [9.17, 15) is 0 Å². The molecule has 0 amide bonds. The highest BCUT2D eigenvalue weighted by Gasteiger charge is 2.51. The lowest BCUT2D eigenvalue weighted by Gasteiger charge is -2.39. The third kappa shape index (κ3) is 3.84. The molecule has 3 aromatic heterocycles. The van der Waals surface area contributed by atoms with Crippen molar-refractivity contribution in [2.45, 2.75) is 18.8 Å². The summed E-state index contributed by atoms with van der Waals surface area (Å²) in [6, 6.07) is 48.3. The zero-order chi connectivity index (χ0) is 34.8. The summed E-state index contributed by atoms with van der Waals surface area (Å²) < 4.78 is 11.6. The number of thiophene rings is 1. The molecule has 0 saturated heterocycles. The number of hydrogen-bond acceptors (Lipinski definition) is 4. The lowest BCUT2D eigenvalue weighted by molar-refractivity contribution is 0.437. The Kier molecular flexibility index (Phi) is 5.87. The summed E-state index contributed by atoms with van der Waals surface area (Å²) in [7, 11) is 0. The fourth-order valence-corrected chi connectivity index (χ4v) is 10.6. The Morgan fingerprint density at radius 3 is 2.17 bits per heavy atom. The van der Waals surface area contributed by atoms with Gasteiger partial charge in [0.25, 0.3) is 0 Å². The van der Waals surface area contributed by atoms with Crippen molar-refractivity contribution in [3.8, 4) is 28.6 Å². The second-order valence-corrected chi connectivity index (χ2v) is 15.6. The first-order valence-electron chi connectivity index (χ1n) is 18.3. The Morgan fingerprint density at radius 2 is 1.36 bits per heavy atom. The third-order valence-corrected chi connectivity index (χ3v) is 12.8. The molecule has 0 N–H and O–H groups in total. The van der Waals surface area contributed by atoms with Crippen molar-refractivity contribution < 1.29 is 4.74 Å². The molecule has 1 atom stereocenters. The van der Waals surface area contributed by atoms with E-state index < -0.39 is 5.41 Å². The van der Waals surface area contributed by atoms with Crippen LogP contribution in [0.3, 0.4) is 0 Å². The van der Waals surface area contributed by atoms with E-state index in [-0.39, 0.29) is 0 Å². The van der Waals surface area contributed by atoms with Crippen molar-refractivity contribution in [2.24, 2.45) is 5.92 Å². The van der Waals surface area contributed by atoms with Crippen molar-refractivity contribution in [1.82, 2.24) is 14.5 Å². The van der Waals surface area contributed by atoms with Crippen LogP contribution in [0, 0.1) is 5.92 Å². The average molecular weight is 698 g/mol. The number of benzene rings is 6. The highest BCUT2D eigenvalue weighted by molar-refractivity contribution is 7.26. The van der Waals surface area contributed by atoms with E-state index in [1.165, 1.54) is 38.1 Å². The quantitative estimate of drug-likeness (QED) is 0.181. The second-order valence-electron chi connectivity index (χ2n) is 14.6. The molecular formula is C48H31N3OS. The van der Waals surface area contributed by atoms with E-state index in [0.29, 0.717) is 11.9 Å². The predicted molar refractivity (Wildman–Crippen MR) is 218 cm³/mol. The molecule has 9 aromatic rings. The number of ether oxygens (including phenoxy) is 1. The van der Waals surface area contributed by atoms with Crippen LogP contribution in [-0.2, 0) is 5.41 Å². The van der Waals surface area contributed by atoms with Gasteiger partial charge < -0.3 is 4.74 Å². The third-order valence-electron chi connectivity index (χ3n) is 11.6. The van der Waals surface area contributed by atoms with Gasteiger partial charge in [-0.3, -0.25) is 4.57 Å². The van der Waals surface area contributed by atoms with Crippen LogP contribution in [0.2, 0.25) is 0 Å². The molecule has 0 radical (unpaired) electrons. The topological polar surface area (TPSA) is 39.9 Å². The largest absolute Gasteiger partial charge is 0.457 e. The molecule has 1 aliphatic heterocycles. The molecule has 12 rings (SSSR count). The summed E-state index contributed by atoms with van der Waals surface area (Å²) in [5, 5.41) is 3.47. The second kappa shape index (κ2) is 10.6. The molecule has 0 fully saturated rings. The molecule has 4 nitrogen and oxygen atoms in total. The van der Waals surface area contributed by atoms with E-state index >= 15 is 0 Å². The van der Waals surface area contributed by atoms with Gasteiger partial charge in [0.1, 0.15) is 11.5 Å². The summed E-state index contributed by atoms with van der Waals surface area (Å²) in [5.41, 5.74) is 12.3. The van der Waals surface area contributed by atoms with E-state index in [1.807, 2.05) is 0 Å². The molecule has 1 unspecified atom stereocenters. The summed E-state index contributed by atoms with van der Waals surface area (Å²) in [6.45, 7) is 2.27. The molecule has 5 heteroatoms. The number of fused-ring (bicyclic) bond motifs is 15. The maximum atomic E-state index is 6.97. The van der Waals surface area contributed by atoms with E-state index in [4.69, 9.17) is 14.7 Å². The summed E-state index contributed by atoms with van der Waals surface area (Å²) in [4.78, 5) is 10.9. The molecular weight excluding hydrogens is 667 g/mol. The van der Waals surface area contributed by atoms with Gasteiger partial charge in [0.15, 0.2) is 0 Å². The molecule has 2 aliphatic carbocycles. The van der Waals surface area contributed by atoms with Gasteiger partial charge in [0, 0.05) is 38.1 Å². The monoisotopic (exact) mass is 697 g/mol. The molecule has 1 spiro atoms. The Morgan fingerprint density at radius 1 is 0.660 bits per heavy atom. The van der Waals surface area contributed by atoms with Crippen LogP contribution in [0.4, 0.5) is 0 Å². The minimum atomic E-state index is -0.537. The van der Waals surface area contributed by atoms with Crippen molar-refractivity contribution in [2.75, 3.05) is 0 Å². The lowest BCUT2D eigenvalue weighted by Crippen LogP contribution is -2.32. The highest BCUT2D eigenvalue weighted by Crippen LogP contribution is 2.62. The SMILES string of the molecule is CC1C=CC=C(c2nc(-n3c4ccccc4c4cc5c(cc43)Oc3ccccc3C53c4ccccc4-c4ccccc43)nc3c2sc2ccccc23)C1. The fourth-order valence-electron chi connectivity index (χ4n) is 9.45. The number of para-hydroxylation sites is 2. The standard InChI is InChI=1S/C48H31N3OS/c1-28-13-12-14-29(25-28)44-46-45(33-18-5-11-24-43(33)53-46)50-47(49-44)51-39-22-9-4-17-32(39)34-26-38-42(27-40(34)51)52-41-23-10-8-21-37(41)48(38)35-19-6-2-15-30(35)31-16-3-7-20-36(31)48/h2-24,26-28H,25H2,1H3. The lowest BCUT2D eigenvalue weighted by atomic mass is 9.66. The van der Waals surface area contributed by atoms with E-state index in [2.05, 4.69) is 163 Å². The van der Waals surface area contributed by atoms with Crippen LogP contribution < -0.4 is 4.74 Å². The van der Waals surface area contributed by atoms with Crippen LogP contribution in [0.25, 0.3) is 64.8 Å². The maximum Gasteiger partial charge on any atom is 0.235 e. The minimum absolute atomic E-state index is 0.441. The predicted octanol–water partition coefficient (Wildman–Crippen LogP) is 12.4. The normalized spacial score (nSPS) is 16.5. The Labute approximate surface area is 310 Å². The Hall–Kier alpha value is -6.30. The van der Waals surface area contributed by atoms with Crippen molar-refractivity contribution in [1.29, 1.82) is 0 Å². The van der Waals surface area contributed by atoms with Crippen LogP contribution in [0.1, 0.15) is 41.3 Å². The first kappa shape index (κ1) is 29.3. The molecule has 6 aromatic carbocycles. The minimum Gasteiger partial charge on any atom is -0.457 e. The molecule has 0 saturated carbocycles. The number of aromatic nitrogens is 3. The number of nitrogens with zero attached hydrogens (tertiary/aromatic N) is 3. The van der Waals surface area contributed by atoms with Crippen molar-refractivity contribution in [3.05, 3.63) is 180 Å². The van der Waals surface area contributed by atoms with Crippen molar-refractivity contribution >= 4 is 59.0 Å². The van der Waals surface area contributed by atoms with Gasteiger partial charge in [0.2, 0.25) is 5.95 Å². The number of hydrogen-bond donors (Lipinski definition) is 0. The van der Waals surface area contributed by atoms with Gasteiger partial charge in [-0.15, -0.1) is 11.3 Å². The molecule has 53 heavy (non-hydrogen) atoms. The highest BCUT2D eigenvalue weighted by atomic mass is 32.1. The summed E-state index contributed by atoms with van der Waals surface area (Å²) in [5.74, 6) is 2.84. The van der Waals surface area contributed by atoms with Gasteiger partial charge in [-0.05, 0) is 64.4 Å². The van der Waals surface area contributed by atoms with Gasteiger partial charge in [-0.1, -0.05) is 128 Å². The van der Waals surface area contributed by atoms with Crippen LogP contribution >= 0.6 is 11.3 Å². The first-order chi connectivity index (χ1) is 26.2.